The summed E-state index contributed by atoms with van der Waals surface area (Å²) in [5, 5.41) is 23.3. The van der Waals surface area contributed by atoms with Gasteiger partial charge < -0.3 is 19.9 Å². The molecule has 2 fully saturated rings. The van der Waals surface area contributed by atoms with Gasteiger partial charge >= 0.3 is 11.9 Å². The van der Waals surface area contributed by atoms with Crippen LogP contribution in [-0.2, 0) is 19.3 Å². The van der Waals surface area contributed by atoms with Crippen LogP contribution in [0.3, 0.4) is 0 Å². The summed E-state index contributed by atoms with van der Waals surface area (Å²) in [5.74, 6) is -4.37. The number of benzene rings is 2. The van der Waals surface area contributed by atoms with E-state index in [1.54, 1.807) is 36.4 Å². The Kier molecular flexibility index (Phi) is 8.46. The van der Waals surface area contributed by atoms with Gasteiger partial charge in [0.05, 0.1) is 47.4 Å². The van der Waals surface area contributed by atoms with Crippen molar-refractivity contribution in [1.29, 1.82) is 0 Å². The Morgan fingerprint density at radius 2 is 1.02 bits per heavy atom. The molecule has 2 aromatic carbocycles. The number of aliphatic hydroxyl groups excluding tert-OH is 2. The van der Waals surface area contributed by atoms with Crippen LogP contribution < -0.4 is 0 Å². The summed E-state index contributed by atoms with van der Waals surface area (Å²) in [7, 11) is 0. The van der Waals surface area contributed by atoms with Crippen LogP contribution in [0.5, 0.6) is 0 Å². The van der Waals surface area contributed by atoms with Gasteiger partial charge in [0, 0.05) is 13.1 Å². The first-order valence-electron chi connectivity index (χ1n) is 15.2. The van der Waals surface area contributed by atoms with Gasteiger partial charge in [-0.25, -0.2) is 9.59 Å². The number of aliphatic hydroxyl groups is 2. The second-order valence-corrected chi connectivity index (χ2v) is 12.1. The maximum atomic E-state index is 13.0. The zero-order valence-electron chi connectivity index (χ0n) is 25.4. The Hall–Kier alpha value is -4.50. The number of hydrogen-bond donors (Lipinski definition) is 2. The fraction of sp³-hybridized carbons (Fsp3) is 0.438. The highest BCUT2D eigenvalue weighted by molar-refractivity contribution is 6.22. The van der Waals surface area contributed by atoms with Crippen molar-refractivity contribution >= 4 is 35.6 Å². The van der Waals surface area contributed by atoms with Crippen molar-refractivity contribution < 1.29 is 48.7 Å². The second kappa shape index (κ2) is 12.4. The molecule has 4 aliphatic heterocycles. The zero-order valence-corrected chi connectivity index (χ0v) is 25.4. The molecular formula is C32H34N4O10. The number of carbonyl (C=O) groups excluding carboxylic acids is 6. The maximum Gasteiger partial charge on any atom is 0.357 e. The molecule has 4 heterocycles. The number of piperidine rings is 2. The molecule has 14 nitrogen and oxygen atoms in total. The van der Waals surface area contributed by atoms with E-state index in [0.717, 1.165) is 20.9 Å². The summed E-state index contributed by atoms with van der Waals surface area (Å²) in [5.41, 5.74) is 2.92. The Bertz CT molecular complexity index is 1520. The van der Waals surface area contributed by atoms with Crippen LogP contribution >= 0.6 is 0 Å². The molecule has 2 aromatic rings. The van der Waals surface area contributed by atoms with E-state index in [2.05, 4.69) is 0 Å². The summed E-state index contributed by atoms with van der Waals surface area (Å²) in [6.07, 6.45) is -2.70. The Morgan fingerprint density at radius 1 is 0.652 bits per heavy atom. The average molecular weight is 635 g/mol. The summed E-state index contributed by atoms with van der Waals surface area (Å²) >= 11 is 0. The van der Waals surface area contributed by atoms with E-state index in [1.807, 2.05) is 13.8 Å². The van der Waals surface area contributed by atoms with Crippen molar-refractivity contribution in [2.24, 2.45) is 0 Å². The molecule has 0 aliphatic carbocycles. The molecule has 0 aromatic heterocycles. The molecule has 4 atom stereocenters. The van der Waals surface area contributed by atoms with Crippen molar-refractivity contribution in [3.8, 4) is 0 Å². The predicted molar refractivity (Wildman–Crippen MR) is 157 cm³/mol. The molecular weight excluding hydrogens is 600 g/mol. The van der Waals surface area contributed by atoms with Gasteiger partial charge in [-0.15, -0.1) is 10.1 Å². The lowest BCUT2D eigenvalue weighted by Crippen LogP contribution is -2.53. The van der Waals surface area contributed by atoms with Crippen LogP contribution in [0.2, 0.25) is 0 Å². The minimum atomic E-state index is -2.30. The maximum absolute atomic E-state index is 13.0. The fourth-order valence-corrected chi connectivity index (χ4v) is 6.46. The molecule has 0 saturated carbocycles. The van der Waals surface area contributed by atoms with Crippen LogP contribution in [0.4, 0.5) is 0 Å². The van der Waals surface area contributed by atoms with Crippen molar-refractivity contribution in [2.45, 2.75) is 63.8 Å². The number of carbonyl (C=O) groups is 6. The molecule has 242 valence electrons. The van der Waals surface area contributed by atoms with Gasteiger partial charge in [-0.1, -0.05) is 23.3 Å². The van der Waals surface area contributed by atoms with E-state index in [4.69, 9.17) is 9.68 Å². The lowest BCUT2D eigenvalue weighted by molar-refractivity contribution is -0.224. The summed E-state index contributed by atoms with van der Waals surface area (Å²) in [4.78, 5) is 90.3. The average Bonchev–Trinajstić information content (AvgIpc) is 3.43. The first-order valence-corrected chi connectivity index (χ1v) is 15.2. The molecule has 4 aliphatic rings. The highest BCUT2D eigenvalue weighted by atomic mass is 16.7. The van der Waals surface area contributed by atoms with Gasteiger partial charge in [-0.2, -0.15) is 0 Å². The van der Waals surface area contributed by atoms with E-state index in [0.29, 0.717) is 47.9 Å². The molecule has 4 amide bonds. The Balaban J connectivity index is 1.02. The van der Waals surface area contributed by atoms with E-state index in [-0.39, 0.29) is 26.2 Å². The minimum Gasteiger partial charge on any atom is -0.379 e. The zero-order chi connectivity index (χ0) is 32.9. The van der Waals surface area contributed by atoms with Crippen molar-refractivity contribution in [3.63, 3.8) is 0 Å². The third-order valence-corrected chi connectivity index (χ3v) is 8.82. The Labute approximate surface area is 263 Å². The van der Waals surface area contributed by atoms with E-state index in [1.165, 1.54) is 10.1 Å². The number of rotatable bonds is 7. The number of nitrogens with zero attached hydrogens (tertiary/aromatic N) is 4. The Morgan fingerprint density at radius 3 is 1.41 bits per heavy atom. The topological polar surface area (TPSA) is 174 Å². The quantitative estimate of drug-likeness (QED) is 0.410. The molecule has 0 radical (unpaired) electrons. The lowest BCUT2D eigenvalue weighted by Gasteiger charge is -2.36. The number of hydroxylamine groups is 4. The van der Waals surface area contributed by atoms with Crippen LogP contribution in [0, 0.1) is 13.8 Å². The molecule has 14 heteroatoms. The molecule has 0 spiro atoms. The van der Waals surface area contributed by atoms with Gasteiger partial charge in [0.1, 0.15) is 0 Å². The van der Waals surface area contributed by atoms with Crippen LogP contribution in [0.15, 0.2) is 36.4 Å². The highest BCUT2D eigenvalue weighted by Crippen LogP contribution is 2.30. The normalized spacial score (nSPS) is 23.3. The third kappa shape index (κ3) is 5.68. The van der Waals surface area contributed by atoms with Crippen LogP contribution in [0.1, 0.15) is 78.2 Å². The van der Waals surface area contributed by atoms with E-state index in [9.17, 15) is 39.0 Å². The summed E-state index contributed by atoms with van der Waals surface area (Å²) < 4.78 is 0. The predicted octanol–water partition coefficient (Wildman–Crippen LogP) is 0.763. The van der Waals surface area contributed by atoms with E-state index >= 15 is 0 Å². The monoisotopic (exact) mass is 634 g/mol. The van der Waals surface area contributed by atoms with Crippen molar-refractivity contribution in [2.75, 3.05) is 26.2 Å². The number of aryl methyl sites for hydroxylation is 2. The van der Waals surface area contributed by atoms with Gasteiger partial charge in [-0.05, 0) is 63.8 Å². The molecule has 46 heavy (non-hydrogen) atoms. The fourth-order valence-electron chi connectivity index (χ4n) is 6.46. The minimum absolute atomic E-state index is 0.0179. The molecule has 0 bridgehead atoms. The largest absolute Gasteiger partial charge is 0.379 e. The van der Waals surface area contributed by atoms with Crippen LogP contribution in [0.25, 0.3) is 0 Å². The summed E-state index contributed by atoms with van der Waals surface area (Å²) in [6.45, 7) is 4.08. The molecule has 6 rings (SSSR count). The van der Waals surface area contributed by atoms with Gasteiger partial charge in [0.25, 0.3) is 23.6 Å². The van der Waals surface area contributed by atoms with E-state index < -0.39 is 59.9 Å². The van der Waals surface area contributed by atoms with Crippen molar-refractivity contribution in [3.05, 3.63) is 69.8 Å². The lowest BCUT2D eigenvalue weighted by atomic mass is 10.1. The number of imide groups is 2. The first kappa shape index (κ1) is 31.5. The standard InChI is InChI=1S/C32H34N4O10/c1-17-7-9-21-23(13-17)29(41)35(27(21)39)19-5-3-11-33(15-19)45-31(43)25(37)26(38)32(44)46-34-12-4-6-20(16-34)36-28(40)22-10-8-18(2)14-24(22)30(36)42/h7-10,13-14,19-20,25-26,37-38H,3-6,11-12,15-16H2,1-2H3/t19-,20-,25?,26?/m1/s1. The number of hydrogen-bond acceptors (Lipinski definition) is 12. The summed E-state index contributed by atoms with van der Waals surface area (Å²) in [6, 6.07) is 8.83. The van der Waals surface area contributed by atoms with Gasteiger partial charge in [0.15, 0.2) is 12.2 Å². The molecule has 2 N–H and O–H groups in total. The first-order chi connectivity index (χ1) is 21.9. The SMILES string of the molecule is Cc1ccc2c(c1)C(=O)N([C@@H]1CCCN(OC(=O)C(O)C(O)C(=O)ON3CCC[C@@H](N4C(=O)c5ccc(C)cc5C4=O)C3)C1)C2=O. The third-order valence-electron chi connectivity index (χ3n) is 8.82. The molecule has 2 saturated heterocycles. The van der Waals surface area contributed by atoms with Gasteiger partial charge in [-0.3, -0.25) is 29.0 Å². The smallest absolute Gasteiger partial charge is 0.357 e. The molecule has 2 unspecified atom stereocenters. The second-order valence-electron chi connectivity index (χ2n) is 12.1. The van der Waals surface area contributed by atoms with Crippen molar-refractivity contribution in [1.82, 2.24) is 19.9 Å². The van der Waals surface area contributed by atoms with Gasteiger partial charge in [0.2, 0.25) is 0 Å². The highest BCUT2D eigenvalue weighted by Gasteiger charge is 2.44. The number of amides is 4. The van der Waals surface area contributed by atoms with Crippen LogP contribution in [-0.4, -0.2) is 116 Å². The number of fused-ring (bicyclic) bond motifs is 2.